The first-order valence-corrected chi connectivity index (χ1v) is 8.74. The summed E-state index contributed by atoms with van der Waals surface area (Å²) in [7, 11) is 1.60. The van der Waals surface area contributed by atoms with Gasteiger partial charge in [0.2, 0.25) is 5.91 Å². The number of alkyl halides is 1. The Hall–Kier alpha value is -1.40. The number of carbonyl (C=O) groups excluding carboxylic acids is 2. The monoisotopic (exact) mass is 355 g/mol. The summed E-state index contributed by atoms with van der Waals surface area (Å²) in [5.41, 5.74) is 0.865. The third-order valence-corrected chi connectivity index (χ3v) is 6.52. The summed E-state index contributed by atoms with van der Waals surface area (Å²) < 4.78 is 10.0. The number of hydrogen-bond acceptors (Lipinski definition) is 5. The van der Waals surface area contributed by atoms with E-state index in [1.54, 1.807) is 23.8 Å². The van der Waals surface area contributed by atoms with Crippen LogP contribution in [0.25, 0.3) is 0 Å². The highest BCUT2D eigenvalue weighted by molar-refractivity contribution is 8.01. The van der Waals surface area contributed by atoms with Crippen LogP contribution in [-0.4, -0.2) is 45.9 Å². The Morgan fingerprint density at radius 3 is 2.70 bits per heavy atom. The zero-order chi connectivity index (χ0) is 16.6. The lowest BCUT2D eigenvalue weighted by Gasteiger charge is -2.37. The number of amides is 1. The molecule has 2 fully saturated rings. The van der Waals surface area contributed by atoms with Crippen molar-refractivity contribution in [2.24, 2.45) is 0 Å². The second-order valence-corrected chi connectivity index (χ2v) is 7.86. The van der Waals surface area contributed by atoms with Crippen LogP contribution in [-0.2, 0) is 20.9 Å². The first-order valence-electron chi connectivity index (χ1n) is 7.33. The molecule has 1 aromatic rings. The van der Waals surface area contributed by atoms with Crippen LogP contribution in [0.1, 0.15) is 18.9 Å². The summed E-state index contributed by atoms with van der Waals surface area (Å²) in [6.45, 7) is 2.07. The summed E-state index contributed by atoms with van der Waals surface area (Å²) in [4.78, 5) is 26.0. The molecule has 124 valence electrons. The number of rotatable bonds is 5. The number of carbonyl (C=O) groups is 2. The Bertz CT molecular complexity index is 623. The molecule has 2 saturated heterocycles. The molecule has 0 aromatic heterocycles. The molecule has 2 aliphatic rings. The zero-order valence-electron chi connectivity index (χ0n) is 13.0. The lowest BCUT2D eigenvalue weighted by molar-refractivity contribution is -0.162. The van der Waals surface area contributed by atoms with Crippen LogP contribution in [0, 0.1) is 0 Å². The number of benzene rings is 1. The smallest absolute Gasteiger partial charge is 0.330 e. The third-order valence-electron chi connectivity index (χ3n) is 4.24. The van der Waals surface area contributed by atoms with Crippen LogP contribution >= 0.6 is 23.4 Å². The minimum absolute atomic E-state index is 0.0114. The van der Waals surface area contributed by atoms with Crippen molar-refractivity contribution in [1.82, 2.24) is 4.90 Å². The molecular weight excluding hydrogens is 338 g/mol. The predicted molar refractivity (Wildman–Crippen MR) is 88.5 cm³/mol. The topological polar surface area (TPSA) is 55.8 Å². The van der Waals surface area contributed by atoms with Gasteiger partial charge < -0.3 is 14.4 Å². The van der Waals surface area contributed by atoms with Crippen molar-refractivity contribution in [2.75, 3.05) is 13.0 Å². The second-order valence-electron chi connectivity index (χ2n) is 5.88. The third kappa shape index (κ3) is 2.90. The van der Waals surface area contributed by atoms with E-state index in [0.717, 1.165) is 11.3 Å². The number of ether oxygens (including phenoxy) is 2. The Kier molecular flexibility index (Phi) is 4.47. The molecule has 0 aliphatic carbocycles. The van der Waals surface area contributed by atoms with Crippen molar-refractivity contribution in [1.29, 1.82) is 0 Å². The quantitative estimate of drug-likeness (QED) is 0.461. The summed E-state index contributed by atoms with van der Waals surface area (Å²) in [6, 6.07) is 6.69. The van der Waals surface area contributed by atoms with Crippen molar-refractivity contribution in [3.63, 3.8) is 0 Å². The van der Waals surface area contributed by atoms with Crippen LogP contribution in [0.2, 0.25) is 0 Å². The molecule has 3 rings (SSSR count). The van der Waals surface area contributed by atoms with E-state index in [0.29, 0.717) is 12.3 Å². The van der Waals surface area contributed by atoms with E-state index >= 15 is 0 Å². The number of methoxy groups -OCH3 is 1. The summed E-state index contributed by atoms with van der Waals surface area (Å²) in [6.07, 6.45) is 0.472. The molecule has 0 radical (unpaired) electrons. The number of hydrogen-bond donors (Lipinski definition) is 0. The maximum Gasteiger partial charge on any atom is 0.330 e. The van der Waals surface area contributed by atoms with Gasteiger partial charge in [-0.25, -0.2) is 4.79 Å². The van der Waals surface area contributed by atoms with Gasteiger partial charge in [0.15, 0.2) is 0 Å². The highest BCUT2D eigenvalue weighted by atomic mass is 35.5. The van der Waals surface area contributed by atoms with E-state index in [1.165, 1.54) is 0 Å². The number of β-lactam (4-membered cyclic amide) rings is 1. The van der Waals surface area contributed by atoms with Crippen LogP contribution < -0.4 is 4.74 Å². The molecule has 0 bridgehead atoms. The maximum atomic E-state index is 12.5. The normalized spacial score (nSPS) is 29.0. The molecule has 0 unspecified atom stereocenters. The van der Waals surface area contributed by atoms with Gasteiger partial charge in [0, 0.05) is 5.88 Å². The fourth-order valence-electron chi connectivity index (χ4n) is 2.90. The van der Waals surface area contributed by atoms with Crippen LogP contribution in [0.5, 0.6) is 5.75 Å². The van der Waals surface area contributed by atoms with Gasteiger partial charge in [-0.2, -0.15) is 0 Å². The molecule has 2 aliphatic heterocycles. The Labute approximate surface area is 144 Å². The molecule has 3 atom stereocenters. The van der Waals surface area contributed by atoms with Gasteiger partial charge in [-0.1, -0.05) is 12.1 Å². The Morgan fingerprint density at radius 2 is 2.13 bits per heavy atom. The molecule has 1 aromatic carbocycles. The molecule has 0 N–H and O–H groups in total. The largest absolute Gasteiger partial charge is 0.497 e. The number of thioether (sulfide) groups is 1. The maximum absolute atomic E-state index is 12.5. The van der Waals surface area contributed by atoms with Gasteiger partial charge in [-0.05, 0) is 24.6 Å². The summed E-state index contributed by atoms with van der Waals surface area (Å²) in [5.74, 6) is 0.631. The Balaban J connectivity index is 1.67. The van der Waals surface area contributed by atoms with E-state index in [4.69, 9.17) is 21.1 Å². The lowest BCUT2D eigenvalue weighted by Crippen LogP contribution is -2.58. The van der Waals surface area contributed by atoms with Crippen LogP contribution in [0.4, 0.5) is 0 Å². The molecule has 1 amide bonds. The first-order chi connectivity index (χ1) is 11.0. The number of nitrogens with zero attached hydrogens (tertiary/aromatic N) is 1. The fourth-order valence-corrected chi connectivity index (χ4v) is 4.84. The number of fused-ring (bicyclic) bond motifs is 1. The molecule has 23 heavy (non-hydrogen) atoms. The van der Waals surface area contributed by atoms with E-state index < -0.39 is 16.8 Å². The molecular formula is C16H18ClNO4S. The average molecular weight is 356 g/mol. The lowest BCUT2D eigenvalue weighted by atomic mass is 9.98. The minimum atomic E-state index is -0.616. The summed E-state index contributed by atoms with van der Waals surface area (Å²) >= 11 is 7.65. The molecule has 0 spiro atoms. The van der Waals surface area contributed by atoms with E-state index in [-0.39, 0.29) is 17.9 Å². The highest BCUT2D eigenvalue weighted by Gasteiger charge is 2.60. The van der Waals surface area contributed by atoms with Crippen LogP contribution in [0.15, 0.2) is 24.3 Å². The number of halogens is 1. The van der Waals surface area contributed by atoms with Crippen molar-refractivity contribution in [3.05, 3.63) is 29.8 Å². The Morgan fingerprint density at radius 1 is 1.43 bits per heavy atom. The van der Waals surface area contributed by atoms with Crippen molar-refractivity contribution in [2.45, 2.75) is 36.1 Å². The first kappa shape index (κ1) is 16.5. The van der Waals surface area contributed by atoms with Crippen LogP contribution in [0.3, 0.4) is 0 Å². The van der Waals surface area contributed by atoms with Crippen molar-refractivity contribution < 1.29 is 19.1 Å². The molecule has 2 heterocycles. The summed E-state index contributed by atoms with van der Waals surface area (Å²) in [5, 5.41) is 0.0461. The van der Waals surface area contributed by atoms with Gasteiger partial charge in [0.1, 0.15) is 18.4 Å². The highest BCUT2D eigenvalue weighted by Crippen LogP contribution is 2.51. The van der Waals surface area contributed by atoms with Gasteiger partial charge >= 0.3 is 5.97 Å². The van der Waals surface area contributed by atoms with Crippen molar-refractivity contribution >= 4 is 35.2 Å². The van der Waals surface area contributed by atoms with E-state index in [1.807, 2.05) is 31.2 Å². The SMILES string of the molecule is COc1ccc(COC(=O)[C@@H]2N3C(=O)C[C@@H]3S[C@@]2(C)CCl)cc1. The van der Waals surface area contributed by atoms with Gasteiger partial charge in [-0.15, -0.1) is 23.4 Å². The van der Waals surface area contributed by atoms with E-state index in [2.05, 4.69) is 0 Å². The van der Waals surface area contributed by atoms with Crippen molar-refractivity contribution in [3.8, 4) is 5.75 Å². The fraction of sp³-hybridized carbons (Fsp3) is 0.500. The average Bonchev–Trinajstić information content (AvgIpc) is 2.81. The molecule has 0 saturated carbocycles. The standard InChI is InChI=1S/C16H18ClNO4S/c1-16(9-17)14(18-12(19)7-13(18)23-16)15(20)22-8-10-3-5-11(21-2)6-4-10/h3-6,13-14H,7-9H2,1-2H3/t13-,14-,16-/m0/s1. The number of esters is 1. The zero-order valence-corrected chi connectivity index (χ0v) is 14.5. The predicted octanol–water partition coefficient (Wildman–Crippen LogP) is 2.41. The van der Waals surface area contributed by atoms with Gasteiger partial charge in [-0.3, -0.25) is 4.79 Å². The van der Waals surface area contributed by atoms with Gasteiger partial charge in [0.05, 0.1) is 23.7 Å². The molecule has 7 heteroatoms. The van der Waals surface area contributed by atoms with Gasteiger partial charge in [0.25, 0.3) is 0 Å². The van der Waals surface area contributed by atoms with E-state index in [9.17, 15) is 9.59 Å². The molecule has 5 nitrogen and oxygen atoms in total. The minimum Gasteiger partial charge on any atom is -0.497 e. The second kappa shape index (κ2) is 6.24.